The smallest absolute Gasteiger partial charge is 0.322 e. The first-order valence-electron chi connectivity index (χ1n) is 3.33. The maximum absolute atomic E-state index is 9.33. The highest BCUT2D eigenvalue weighted by Gasteiger charge is 2.13. The molecule has 1 fully saturated rings. The van der Waals surface area contributed by atoms with E-state index in [0.717, 1.165) is 19.9 Å². The van der Waals surface area contributed by atoms with E-state index in [-0.39, 0.29) is 0 Å². The molecule has 0 aromatic carbocycles. The fourth-order valence-corrected chi connectivity index (χ4v) is 0.134. The fourth-order valence-electron chi connectivity index (χ4n) is 0.0445. The van der Waals surface area contributed by atoms with E-state index in [0.29, 0.717) is 5.50 Å². The van der Waals surface area contributed by atoms with Crippen LogP contribution < -0.4 is 5.32 Å². The molecular formula is C4H14ClNO6P2. The Morgan fingerprint density at radius 1 is 1.14 bits per heavy atom. The van der Waals surface area contributed by atoms with Crippen LogP contribution in [0.4, 0.5) is 0 Å². The molecule has 0 aromatic rings. The molecule has 1 unspecified atom stereocenters. The number of nitrogens with one attached hydrogen (secondary N) is 1. The maximum Gasteiger partial charge on any atom is 0.322 e. The predicted octanol–water partition coefficient (Wildman–Crippen LogP) is -0.258. The van der Waals surface area contributed by atoms with Crippen LogP contribution in [0.2, 0.25) is 0 Å². The van der Waals surface area contributed by atoms with Gasteiger partial charge in [-0.25, -0.2) is 0 Å². The molecule has 0 amide bonds. The topological polar surface area (TPSA) is 137 Å². The minimum absolute atomic E-state index is 0.306. The third-order valence-corrected chi connectivity index (χ3v) is 0.667. The van der Waals surface area contributed by atoms with Crippen LogP contribution in [0, 0.1) is 0 Å². The number of alkyl halides is 1. The van der Waals surface area contributed by atoms with E-state index in [1.54, 1.807) is 0 Å². The van der Waals surface area contributed by atoms with Gasteiger partial charge in [0, 0.05) is 19.9 Å². The zero-order valence-electron chi connectivity index (χ0n) is 7.66. The van der Waals surface area contributed by atoms with Crippen molar-refractivity contribution >= 4 is 26.8 Å². The lowest BCUT2D eigenvalue weighted by molar-refractivity contribution is 0.379. The van der Waals surface area contributed by atoms with Crippen LogP contribution in [-0.2, 0) is 9.13 Å². The van der Waals surface area contributed by atoms with Crippen molar-refractivity contribution in [3.63, 3.8) is 0 Å². The third-order valence-electron chi connectivity index (χ3n) is 0.358. The lowest BCUT2D eigenvalue weighted by Crippen LogP contribution is -1.67. The molecule has 0 radical (unpaired) electrons. The molecule has 14 heavy (non-hydrogen) atoms. The Balaban J connectivity index is 0. The molecule has 1 rings (SSSR count). The van der Waals surface area contributed by atoms with Gasteiger partial charge in [0.05, 0.1) is 5.50 Å². The lowest BCUT2D eigenvalue weighted by atomic mass is 11.0. The predicted molar refractivity (Wildman–Crippen MR) is 53.6 cm³/mol. The molecule has 88 valence electrons. The molecule has 1 aliphatic rings. The molecule has 0 saturated carbocycles. The standard InChI is InChI=1S/C2H4ClN.2CH5O3P/c3-2-1-4-2;2*1-5(2,3)4/h2,4H,1H2;2*1H3,(H2,2,3,4). The van der Waals surface area contributed by atoms with Crippen molar-refractivity contribution in [3.05, 3.63) is 0 Å². The largest absolute Gasteiger partial charge is 0.325 e. The van der Waals surface area contributed by atoms with Gasteiger partial charge in [0.25, 0.3) is 0 Å². The molecule has 7 nitrogen and oxygen atoms in total. The lowest BCUT2D eigenvalue weighted by Gasteiger charge is -1.84. The van der Waals surface area contributed by atoms with Gasteiger partial charge in [-0.15, -0.1) is 11.6 Å². The number of rotatable bonds is 0. The molecular weight excluding hydrogens is 255 g/mol. The van der Waals surface area contributed by atoms with Crippen LogP contribution in [0.15, 0.2) is 0 Å². The second kappa shape index (κ2) is 6.93. The van der Waals surface area contributed by atoms with E-state index < -0.39 is 15.2 Å². The van der Waals surface area contributed by atoms with Crippen LogP contribution in [-0.4, -0.2) is 44.9 Å². The molecule has 1 heterocycles. The summed E-state index contributed by atoms with van der Waals surface area (Å²) in [4.78, 5) is 30.5. The molecule has 1 saturated heterocycles. The Morgan fingerprint density at radius 2 is 1.21 bits per heavy atom. The highest BCUT2D eigenvalue weighted by atomic mass is 35.5. The SMILES string of the molecule is CP(=O)(O)O.CP(=O)(O)O.ClC1CN1. The summed E-state index contributed by atoms with van der Waals surface area (Å²) in [5.74, 6) is 0. The zero-order chi connectivity index (χ0) is 12.0. The number of halogens is 1. The van der Waals surface area contributed by atoms with Crippen molar-refractivity contribution in [1.29, 1.82) is 0 Å². The first-order valence-corrected chi connectivity index (χ1v) is 7.88. The molecule has 0 spiro atoms. The normalized spacial score (nSPS) is 19.8. The summed E-state index contributed by atoms with van der Waals surface area (Å²) in [6.07, 6.45) is 0. The van der Waals surface area contributed by atoms with Crippen LogP contribution in [0.5, 0.6) is 0 Å². The van der Waals surface area contributed by atoms with Gasteiger partial charge in [-0.3, -0.25) is 14.4 Å². The first-order chi connectivity index (χ1) is 5.89. The molecule has 1 atom stereocenters. The van der Waals surface area contributed by atoms with Crippen LogP contribution in [0.25, 0.3) is 0 Å². The van der Waals surface area contributed by atoms with Crippen molar-refractivity contribution in [2.24, 2.45) is 0 Å². The Hall–Kier alpha value is 0.550. The van der Waals surface area contributed by atoms with E-state index in [1.807, 2.05) is 0 Å². The van der Waals surface area contributed by atoms with Crippen LogP contribution in [0.3, 0.4) is 0 Å². The van der Waals surface area contributed by atoms with E-state index in [9.17, 15) is 9.13 Å². The summed E-state index contributed by atoms with van der Waals surface area (Å²) in [6.45, 7) is 2.71. The van der Waals surface area contributed by atoms with Crippen LogP contribution in [0.1, 0.15) is 0 Å². The summed E-state index contributed by atoms with van der Waals surface area (Å²) in [7, 11) is -7.28. The van der Waals surface area contributed by atoms with Crippen molar-refractivity contribution in [3.8, 4) is 0 Å². The van der Waals surface area contributed by atoms with Crippen molar-refractivity contribution in [1.82, 2.24) is 5.32 Å². The average Bonchev–Trinajstić information content (AvgIpc) is 2.38. The fraction of sp³-hybridized carbons (Fsp3) is 1.00. The van der Waals surface area contributed by atoms with Crippen LogP contribution >= 0.6 is 26.8 Å². The van der Waals surface area contributed by atoms with Gasteiger partial charge in [-0.05, 0) is 0 Å². The summed E-state index contributed by atoms with van der Waals surface area (Å²) in [6, 6.07) is 0. The Labute approximate surface area is 86.8 Å². The van der Waals surface area contributed by atoms with Gasteiger partial charge in [-0.1, -0.05) is 0 Å². The average molecular weight is 270 g/mol. The first kappa shape index (κ1) is 17.0. The van der Waals surface area contributed by atoms with Gasteiger partial charge in [0.1, 0.15) is 0 Å². The molecule has 0 aromatic heterocycles. The number of hydrogen-bond donors (Lipinski definition) is 5. The molecule has 0 aliphatic carbocycles. The summed E-state index contributed by atoms with van der Waals surface area (Å²) in [5, 5.41) is 2.86. The van der Waals surface area contributed by atoms with Gasteiger partial charge >= 0.3 is 15.2 Å². The Kier molecular flexibility index (Phi) is 8.39. The maximum atomic E-state index is 9.33. The van der Waals surface area contributed by atoms with E-state index in [2.05, 4.69) is 5.32 Å². The molecule has 5 N–H and O–H groups in total. The van der Waals surface area contributed by atoms with E-state index in [1.165, 1.54) is 0 Å². The van der Waals surface area contributed by atoms with Crippen molar-refractivity contribution in [2.75, 3.05) is 19.9 Å². The van der Waals surface area contributed by atoms with Gasteiger partial charge < -0.3 is 19.6 Å². The molecule has 0 bridgehead atoms. The third kappa shape index (κ3) is 133. The van der Waals surface area contributed by atoms with Gasteiger partial charge in [-0.2, -0.15) is 0 Å². The summed E-state index contributed by atoms with van der Waals surface area (Å²) < 4.78 is 18.7. The van der Waals surface area contributed by atoms with Crippen molar-refractivity contribution < 1.29 is 28.7 Å². The molecule has 1 aliphatic heterocycles. The second-order valence-corrected chi connectivity index (χ2v) is 6.41. The quantitative estimate of drug-likeness (QED) is 0.177. The van der Waals surface area contributed by atoms with Crippen molar-refractivity contribution in [2.45, 2.75) is 5.50 Å². The molecule has 10 heteroatoms. The Bertz CT molecular complexity index is 195. The summed E-state index contributed by atoms with van der Waals surface area (Å²) >= 11 is 5.27. The van der Waals surface area contributed by atoms with E-state index >= 15 is 0 Å². The number of hydrogen-bond acceptors (Lipinski definition) is 3. The monoisotopic (exact) mass is 269 g/mol. The van der Waals surface area contributed by atoms with E-state index in [4.69, 9.17) is 31.2 Å². The minimum Gasteiger partial charge on any atom is -0.325 e. The van der Waals surface area contributed by atoms with Gasteiger partial charge in [0.2, 0.25) is 0 Å². The van der Waals surface area contributed by atoms with Gasteiger partial charge in [0.15, 0.2) is 0 Å². The minimum atomic E-state index is -3.64. The highest BCUT2D eigenvalue weighted by molar-refractivity contribution is 7.51. The Morgan fingerprint density at radius 3 is 1.21 bits per heavy atom. The highest BCUT2D eigenvalue weighted by Crippen LogP contribution is 2.27. The summed E-state index contributed by atoms with van der Waals surface area (Å²) in [5.41, 5.74) is 0.306. The second-order valence-electron chi connectivity index (χ2n) is 2.55. The zero-order valence-corrected chi connectivity index (χ0v) is 10.2.